The summed E-state index contributed by atoms with van der Waals surface area (Å²) in [4.78, 5) is 27.1. The van der Waals surface area contributed by atoms with E-state index in [0.717, 1.165) is 36.0 Å². The maximum Gasteiger partial charge on any atom is 0.287 e. The number of hydrogen-bond donors (Lipinski definition) is 1. The molecule has 0 spiro atoms. The van der Waals surface area contributed by atoms with Crippen LogP contribution in [0.15, 0.2) is 59.0 Å². The monoisotopic (exact) mass is 476 g/mol. The molecule has 1 aromatic heterocycles. The van der Waals surface area contributed by atoms with Crippen LogP contribution in [0, 0.1) is 11.7 Å². The highest BCUT2D eigenvalue weighted by Crippen LogP contribution is 2.41. The van der Waals surface area contributed by atoms with Gasteiger partial charge in [0.1, 0.15) is 23.9 Å². The molecule has 1 aliphatic heterocycles. The van der Waals surface area contributed by atoms with Crippen molar-refractivity contribution in [1.29, 1.82) is 0 Å². The number of nitrogens with zero attached hydrogens (tertiary/aromatic N) is 1. The van der Waals surface area contributed by atoms with E-state index in [2.05, 4.69) is 5.32 Å². The number of hydrogen-bond acceptors (Lipinski definition) is 4. The molecule has 1 aliphatic carbocycles. The average Bonchev–Trinajstić information content (AvgIpc) is 3.58. The predicted octanol–water partition coefficient (Wildman–Crippen LogP) is 5.02. The molecule has 1 unspecified atom stereocenters. The third kappa shape index (κ3) is 5.09. The van der Waals surface area contributed by atoms with Gasteiger partial charge in [-0.25, -0.2) is 4.39 Å². The summed E-state index contributed by atoms with van der Waals surface area (Å²) in [6.45, 7) is 4.54. The summed E-state index contributed by atoms with van der Waals surface area (Å²) in [6.07, 6.45) is 2.58. The standard InChI is InChI=1S/C28H29FN2O4/c1-17(2)30-27(32)25-11-10-23(35-25)16-34-22-9-8-18-12-13-31(28(33)19-6-7-19)26(24(18)15-22)20-4-3-5-21(29)14-20/h3-5,8-11,14-15,17,19,26H,6-7,12-13,16H2,1-2H3,(H,30,32). The third-order valence-electron chi connectivity index (χ3n) is 6.41. The fraction of sp³-hybridized carbons (Fsp3) is 0.357. The fourth-order valence-corrected chi connectivity index (χ4v) is 4.59. The molecular weight excluding hydrogens is 447 g/mol. The molecule has 182 valence electrons. The van der Waals surface area contributed by atoms with Gasteiger partial charge in [-0.05, 0) is 86.2 Å². The number of benzene rings is 2. The van der Waals surface area contributed by atoms with Crippen LogP contribution in [0.2, 0.25) is 0 Å². The molecular formula is C28H29FN2O4. The lowest BCUT2D eigenvalue weighted by Gasteiger charge is -2.38. The van der Waals surface area contributed by atoms with Crippen molar-refractivity contribution in [2.45, 2.75) is 51.8 Å². The molecule has 1 saturated carbocycles. The topological polar surface area (TPSA) is 71.8 Å². The Balaban J connectivity index is 1.39. The zero-order valence-corrected chi connectivity index (χ0v) is 19.9. The van der Waals surface area contributed by atoms with Gasteiger partial charge < -0.3 is 19.4 Å². The Morgan fingerprint density at radius 1 is 1.14 bits per heavy atom. The lowest BCUT2D eigenvalue weighted by Crippen LogP contribution is -2.41. The zero-order chi connectivity index (χ0) is 24.5. The lowest BCUT2D eigenvalue weighted by molar-refractivity contribution is -0.134. The van der Waals surface area contributed by atoms with Crippen LogP contribution in [-0.4, -0.2) is 29.3 Å². The first-order valence-corrected chi connectivity index (χ1v) is 12.1. The summed E-state index contributed by atoms with van der Waals surface area (Å²) in [5.41, 5.74) is 2.82. The molecule has 2 heterocycles. The van der Waals surface area contributed by atoms with E-state index < -0.39 is 0 Å². The molecule has 6 nitrogen and oxygen atoms in total. The number of nitrogens with one attached hydrogen (secondary N) is 1. The highest BCUT2D eigenvalue weighted by molar-refractivity contribution is 5.91. The second-order valence-corrected chi connectivity index (χ2v) is 9.56. The highest BCUT2D eigenvalue weighted by atomic mass is 19.1. The Kier molecular flexibility index (Phi) is 6.32. The van der Waals surface area contributed by atoms with E-state index in [1.54, 1.807) is 18.2 Å². The molecule has 5 rings (SSSR count). The van der Waals surface area contributed by atoms with Crippen LogP contribution in [0.5, 0.6) is 5.75 Å². The highest BCUT2D eigenvalue weighted by Gasteiger charge is 2.39. The van der Waals surface area contributed by atoms with Gasteiger partial charge in [-0.1, -0.05) is 18.2 Å². The number of carbonyl (C=O) groups is 2. The molecule has 1 atom stereocenters. The predicted molar refractivity (Wildman–Crippen MR) is 128 cm³/mol. The second-order valence-electron chi connectivity index (χ2n) is 9.56. The Hall–Kier alpha value is -3.61. The number of rotatable bonds is 7. The van der Waals surface area contributed by atoms with E-state index >= 15 is 0 Å². The maximum atomic E-state index is 14.1. The van der Waals surface area contributed by atoms with Gasteiger partial charge in [0.05, 0.1) is 6.04 Å². The van der Waals surface area contributed by atoms with Crippen LogP contribution in [0.1, 0.15) is 65.7 Å². The SMILES string of the molecule is CC(C)NC(=O)c1ccc(COc2ccc3c(c2)C(c2cccc(F)c2)N(C(=O)C2CC2)CC3)o1. The van der Waals surface area contributed by atoms with E-state index in [1.165, 1.54) is 12.1 Å². The van der Waals surface area contributed by atoms with Gasteiger partial charge in [-0.2, -0.15) is 0 Å². The Labute approximate surface area is 204 Å². The van der Waals surface area contributed by atoms with Gasteiger partial charge in [0.25, 0.3) is 5.91 Å². The first-order chi connectivity index (χ1) is 16.9. The summed E-state index contributed by atoms with van der Waals surface area (Å²) in [7, 11) is 0. The van der Waals surface area contributed by atoms with Gasteiger partial charge in [0.2, 0.25) is 5.91 Å². The molecule has 1 N–H and O–H groups in total. The summed E-state index contributed by atoms with van der Waals surface area (Å²) in [5, 5.41) is 2.80. The minimum atomic E-state index is -0.360. The van der Waals surface area contributed by atoms with Crippen LogP contribution >= 0.6 is 0 Å². The van der Waals surface area contributed by atoms with Crippen LogP contribution in [-0.2, 0) is 17.8 Å². The van der Waals surface area contributed by atoms with Crippen molar-refractivity contribution < 1.29 is 23.1 Å². The van der Waals surface area contributed by atoms with Crippen molar-refractivity contribution in [3.8, 4) is 5.75 Å². The van der Waals surface area contributed by atoms with Crippen LogP contribution in [0.25, 0.3) is 0 Å². The molecule has 2 aliphatic rings. The van der Waals surface area contributed by atoms with Gasteiger partial charge in [-0.3, -0.25) is 9.59 Å². The average molecular weight is 477 g/mol. The number of amides is 2. The summed E-state index contributed by atoms with van der Waals surface area (Å²) in [6, 6.07) is 15.3. The normalized spacial score (nSPS) is 17.3. The maximum absolute atomic E-state index is 14.1. The molecule has 35 heavy (non-hydrogen) atoms. The van der Waals surface area contributed by atoms with E-state index in [9.17, 15) is 14.0 Å². The van der Waals surface area contributed by atoms with Gasteiger partial charge in [-0.15, -0.1) is 0 Å². The van der Waals surface area contributed by atoms with Crippen LogP contribution < -0.4 is 10.1 Å². The Morgan fingerprint density at radius 3 is 2.71 bits per heavy atom. The zero-order valence-electron chi connectivity index (χ0n) is 19.9. The minimum Gasteiger partial charge on any atom is -0.486 e. The van der Waals surface area contributed by atoms with E-state index in [-0.39, 0.29) is 48.0 Å². The first kappa shape index (κ1) is 23.1. The summed E-state index contributed by atoms with van der Waals surface area (Å²) < 4.78 is 25.8. The number of halogens is 1. The van der Waals surface area contributed by atoms with Crippen molar-refractivity contribution in [3.63, 3.8) is 0 Å². The summed E-state index contributed by atoms with van der Waals surface area (Å²) >= 11 is 0. The first-order valence-electron chi connectivity index (χ1n) is 12.1. The van der Waals surface area contributed by atoms with Gasteiger partial charge in [0, 0.05) is 18.5 Å². The largest absolute Gasteiger partial charge is 0.486 e. The van der Waals surface area contributed by atoms with E-state index in [0.29, 0.717) is 18.1 Å². The molecule has 0 radical (unpaired) electrons. The Bertz CT molecular complexity index is 1250. The Morgan fingerprint density at radius 2 is 1.97 bits per heavy atom. The second kappa shape index (κ2) is 9.56. The third-order valence-corrected chi connectivity index (χ3v) is 6.41. The fourth-order valence-electron chi connectivity index (χ4n) is 4.59. The van der Waals surface area contributed by atoms with Gasteiger partial charge in [0.15, 0.2) is 5.76 Å². The summed E-state index contributed by atoms with van der Waals surface area (Å²) in [5.74, 6) is 1.02. The van der Waals surface area contributed by atoms with Crippen molar-refractivity contribution >= 4 is 11.8 Å². The smallest absolute Gasteiger partial charge is 0.287 e. The molecule has 2 amide bonds. The molecule has 3 aromatic rings. The van der Waals surface area contributed by atoms with E-state index in [4.69, 9.17) is 9.15 Å². The molecule has 7 heteroatoms. The molecule has 0 bridgehead atoms. The minimum absolute atomic E-state index is 0.0141. The van der Waals surface area contributed by atoms with Crippen LogP contribution in [0.4, 0.5) is 4.39 Å². The van der Waals surface area contributed by atoms with Crippen molar-refractivity contribution in [1.82, 2.24) is 10.2 Å². The molecule has 1 fully saturated rings. The molecule has 0 saturated heterocycles. The van der Waals surface area contributed by atoms with Crippen molar-refractivity contribution in [2.75, 3.05) is 6.54 Å². The van der Waals surface area contributed by atoms with E-state index in [1.807, 2.05) is 43.0 Å². The van der Waals surface area contributed by atoms with Crippen molar-refractivity contribution in [2.24, 2.45) is 5.92 Å². The van der Waals surface area contributed by atoms with Crippen molar-refractivity contribution in [3.05, 3.63) is 88.6 Å². The number of furan rings is 1. The number of ether oxygens (including phenoxy) is 1. The molecule has 2 aromatic carbocycles. The lowest BCUT2D eigenvalue weighted by atomic mass is 9.87. The number of carbonyl (C=O) groups excluding carboxylic acids is 2. The quantitative estimate of drug-likeness (QED) is 0.520. The van der Waals surface area contributed by atoms with Gasteiger partial charge >= 0.3 is 0 Å². The van der Waals surface area contributed by atoms with Crippen LogP contribution in [0.3, 0.4) is 0 Å². The number of fused-ring (bicyclic) bond motifs is 1.